The van der Waals surface area contributed by atoms with Crippen molar-refractivity contribution in [3.05, 3.63) is 45.5 Å². The zero-order valence-electron chi connectivity index (χ0n) is 17.9. The lowest BCUT2D eigenvalue weighted by molar-refractivity contribution is -0.140. The van der Waals surface area contributed by atoms with E-state index in [4.69, 9.17) is 28.1 Å². The van der Waals surface area contributed by atoms with Crippen molar-refractivity contribution >= 4 is 5.97 Å². The van der Waals surface area contributed by atoms with Gasteiger partial charge in [-0.2, -0.15) is 0 Å². The number of aromatic hydroxyl groups is 1. The minimum atomic E-state index is -0.816. The number of hydrogen-bond acceptors (Lipinski definition) is 10. The van der Waals surface area contributed by atoms with E-state index in [2.05, 4.69) is 4.90 Å². The Balaban J connectivity index is 1.76. The van der Waals surface area contributed by atoms with Gasteiger partial charge in [0.2, 0.25) is 23.7 Å². The minimum Gasteiger partial charge on any atom is -0.502 e. The normalized spacial score (nSPS) is 16.6. The van der Waals surface area contributed by atoms with Crippen LogP contribution in [-0.4, -0.2) is 63.3 Å². The fraction of sp³-hybridized carbons (Fsp3) is 0.455. The number of rotatable bonds is 7. The van der Waals surface area contributed by atoms with Crippen LogP contribution in [0.15, 0.2) is 27.4 Å². The second-order valence-corrected chi connectivity index (χ2v) is 7.47. The summed E-state index contributed by atoms with van der Waals surface area (Å²) in [6.45, 7) is 3.00. The summed E-state index contributed by atoms with van der Waals surface area (Å²) in [5.41, 5.74) is -0.0458. The SMILES string of the molecule is COC(=O)CC(c1cc(OC)c2c(c1)OCO2)c1oc(CN2CCOCC2)cc(=O)c1O. The summed E-state index contributed by atoms with van der Waals surface area (Å²) in [5, 5.41) is 10.6. The number of methoxy groups -OCH3 is 2. The maximum atomic E-state index is 12.6. The number of carbonyl (C=O) groups excluding carboxylic acids is 1. The van der Waals surface area contributed by atoms with E-state index < -0.39 is 23.1 Å². The Morgan fingerprint density at radius 1 is 1.19 bits per heavy atom. The third-order valence-electron chi connectivity index (χ3n) is 5.48. The molecule has 1 aromatic heterocycles. The van der Waals surface area contributed by atoms with Gasteiger partial charge in [-0.15, -0.1) is 0 Å². The van der Waals surface area contributed by atoms with E-state index in [1.165, 1.54) is 20.3 Å². The van der Waals surface area contributed by atoms with Crippen molar-refractivity contribution in [3.63, 3.8) is 0 Å². The maximum Gasteiger partial charge on any atom is 0.306 e. The van der Waals surface area contributed by atoms with Crippen molar-refractivity contribution in [3.8, 4) is 23.0 Å². The number of carbonyl (C=O) groups is 1. The van der Waals surface area contributed by atoms with Gasteiger partial charge in [-0.05, 0) is 17.7 Å². The molecule has 0 bridgehead atoms. The van der Waals surface area contributed by atoms with E-state index in [0.29, 0.717) is 61.4 Å². The second kappa shape index (κ2) is 9.49. The Morgan fingerprint density at radius 2 is 1.97 bits per heavy atom. The molecule has 172 valence electrons. The molecule has 0 spiro atoms. The zero-order valence-corrected chi connectivity index (χ0v) is 17.9. The molecule has 4 rings (SSSR count). The Hall–Kier alpha value is -3.24. The molecule has 0 saturated carbocycles. The molecule has 2 aliphatic heterocycles. The van der Waals surface area contributed by atoms with Gasteiger partial charge in [-0.1, -0.05) is 0 Å². The van der Waals surface area contributed by atoms with Crippen molar-refractivity contribution in [1.29, 1.82) is 0 Å². The molecule has 1 unspecified atom stereocenters. The largest absolute Gasteiger partial charge is 0.502 e. The molecule has 32 heavy (non-hydrogen) atoms. The molecule has 1 aromatic carbocycles. The summed E-state index contributed by atoms with van der Waals surface area (Å²) >= 11 is 0. The minimum absolute atomic E-state index is 0.0212. The molecule has 0 radical (unpaired) electrons. The van der Waals surface area contributed by atoms with Crippen LogP contribution in [-0.2, 0) is 20.8 Å². The lowest BCUT2D eigenvalue weighted by Gasteiger charge is -2.26. The highest BCUT2D eigenvalue weighted by atomic mass is 16.7. The predicted octanol–water partition coefficient (Wildman–Crippen LogP) is 1.61. The zero-order chi connectivity index (χ0) is 22.7. The van der Waals surface area contributed by atoms with Gasteiger partial charge in [0.05, 0.1) is 46.3 Å². The highest BCUT2D eigenvalue weighted by Gasteiger charge is 2.30. The smallest absolute Gasteiger partial charge is 0.306 e. The summed E-state index contributed by atoms with van der Waals surface area (Å²) in [6.07, 6.45) is -0.170. The van der Waals surface area contributed by atoms with E-state index in [9.17, 15) is 14.7 Å². The van der Waals surface area contributed by atoms with Crippen LogP contribution in [0.1, 0.15) is 29.4 Å². The highest BCUT2D eigenvalue weighted by molar-refractivity contribution is 5.71. The van der Waals surface area contributed by atoms with Crippen molar-refractivity contribution < 1.29 is 38.0 Å². The van der Waals surface area contributed by atoms with Crippen LogP contribution in [0.25, 0.3) is 0 Å². The van der Waals surface area contributed by atoms with Crippen LogP contribution in [0.5, 0.6) is 23.0 Å². The van der Waals surface area contributed by atoms with Crippen LogP contribution in [0, 0.1) is 0 Å². The number of benzene rings is 1. The van der Waals surface area contributed by atoms with Gasteiger partial charge in [0.15, 0.2) is 17.3 Å². The monoisotopic (exact) mass is 447 g/mol. The van der Waals surface area contributed by atoms with Crippen LogP contribution < -0.4 is 19.6 Å². The fourth-order valence-corrected chi connectivity index (χ4v) is 3.81. The summed E-state index contributed by atoms with van der Waals surface area (Å²) in [7, 11) is 2.75. The number of fused-ring (bicyclic) bond motifs is 1. The van der Waals surface area contributed by atoms with E-state index >= 15 is 0 Å². The summed E-state index contributed by atoms with van der Waals surface area (Å²) < 4.78 is 32.5. The predicted molar refractivity (Wildman–Crippen MR) is 110 cm³/mol. The van der Waals surface area contributed by atoms with Crippen molar-refractivity contribution in [2.45, 2.75) is 18.9 Å². The van der Waals surface area contributed by atoms with Gasteiger partial charge >= 0.3 is 5.97 Å². The number of ether oxygens (including phenoxy) is 5. The van der Waals surface area contributed by atoms with E-state index in [0.717, 1.165) is 0 Å². The molecule has 0 amide bonds. The Bertz CT molecular complexity index is 1040. The van der Waals surface area contributed by atoms with Crippen LogP contribution in [0.3, 0.4) is 0 Å². The Labute approximate surface area is 184 Å². The summed E-state index contributed by atoms with van der Waals surface area (Å²) in [5.74, 6) is -0.271. The first-order valence-electron chi connectivity index (χ1n) is 10.2. The standard InChI is InChI=1S/C22H25NO9/c1-27-17-7-13(8-18-22(17)31-12-30-18)15(10-19(25)28-2)21-20(26)16(24)9-14(32-21)11-23-3-5-29-6-4-23/h7-9,15,26H,3-6,10-12H2,1-2H3. The summed E-state index contributed by atoms with van der Waals surface area (Å²) in [6, 6.07) is 4.60. The molecule has 1 atom stereocenters. The van der Waals surface area contributed by atoms with E-state index in [1.54, 1.807) is 12.1 Å². The lowest BCUT2D eigenvalue weighted by Crippen LogP contribution is -2.35. The number of esters is 1. The van der Waals surface area contributed by atoms with Crippen molar-refractivity contribution in [1.82, 2.24) is 4.90 Å². The second-order valence-electron chi connectivity index (χ2n) is 7.47. The van der Waals surface area contributed by atoms with Crippen LogP contribution in [0.4, 0.5) is 0 Å². The molecule has 1 saturated heterocycles. The molecule has 1 fully saturated rings. The van der Waals surface area contributed by atoms with Gasteiger partial charge in [-0.3, -0.25) is 14.5 Å². The molecule has 2 aromatic rings. The molecular formula is C22H25NO9. The van der Waals surface area contributed by atoms with E-state index in [-0.39, 0.29) is 19.0 Å². The average molecular weight is 447 g/mol. The van der Waals surface area contributed by atoms with Crippen LogP contribution in [0.2, 0.25) is 0 Å². The fourth-order valence-electron chi connectivity index (χ4n) is 3.81. The molecule has 10 nitrogen and oxygen atoms in total. The third-order valence-corrected chi connectivity index (χ3v) is 5.48. The molecule has 0 aliphatic carbocycles. The molecular weight excluding hydrogens is 422 g/mol. The van der Waals surface area contributed by atoms with Crippen molar-refractivity contribution in [2.75, 3.05) is 47.3 Å². The first-order valence-corrected chi connectivity index (χ1v) is 10.2. The van der Waals surface area contributed by atoms with Crippen molar-refractivity contribution in [2.24, 2.45) is 0 Å². The van der Waals surface area contributed by atoms with Gasteiger partial charge in [0.1, 0.15) is 5.76 Å². The molecule has 2 aliphatic rings. The molecule has 3 heterocycles. The first kappa shape index (κ1) is 22.0. The highest BCUT2D eigenvalue weighted by Crippen LogP contribution is 2.45. The van der Waals surface area contributed by atoms with Crippen LogP contribution >= 0.6 is 0 Å². The Morgan fingerprint density at radius 3 is 2.69 bits per heavy atom. The maximum absolute atomic E-state index is 12.6. The number of hydrogen-bond donors (Lipinski definition) is 1. The molecule has 10 heteroatoms. The lowest BCUT2D eigenvalue weighted by atomic mass is 9.91. The Kier molecular flexibility index (Phi) is 6.52. The van der Waals surface area contributed by atoms with Gasteiger partial charge in [0.25, 0.3) is 0 Å². The first-order chi connectivity index (χ1) is 15.5. The number of morpholine rings is 1. The van der Waals surface area contributed by atoms with Gasteiger partial charge in [-0.25, -0.2) is 0 Å². The molecule has 1 N–H and O–H groups in total. The summed E-state index contributed by atoms with van der Waals surface area (Å²) in [4.78, 5) is 26.9. The van der Waals surface area contributed by atoms with E-state index in [1.807, 2.05) is 0 Å². The topological polar surface area (TPSA) is 117 Å². The average Bonchev–Trinajstić information content (AvgIpc) is 3.28. The van der Waals surface area contributed by atoms with Gasteiger partial charge < -0.3 is 33.2 Å². The number of nitrogens with zero attached hydrogens (tertiary/aromatic N) is 1. The quantitative estimate of drug-likeness (QED) is 0.627. The third kappa shape index (κ3) is 4.51. The van der Waals surface area contributed by atoms with Gasteiger partial charge in [0, 0.05) is 19.2 Å².